The number of alkyl halides is 2. The summed E-state index contributed by atoms with van der Waals surface area (Å²) in [5.74, 6) is 0.0754. The number of ether oxygens (including phenoxy) is 1. The van der Waals surface area contributed by atoms with E-state index in [0.717, 1.165) is 31.4 Å². The van der Waals surface area contributed by atoms with Crippen molar-refractivity contribution in [3.05, 3.63) is 41.8 Å². The second-order valence-electron chi connectivity index (χ2n) is 6.99. The fourth-order valence-electron chi connectivity index (χ4n) is 3.79. The molecule has 1 unspecified atom stereocenters. The van der Waals surface area contributed by atoms with Gasteiger partial charge in [0, 0.05) is 38.1 Å². The number of benzene rings is 1. The molecule has 1 amide bonds. The zero-order valence-corrected chi connectivity index (χ0v) is 14.1. The number of hydrogen-bond donors (Lipinski definition) is 1. The summed E-state index contributed by atoms with van der Waals surface area (Å²) in [6, 6.07) is 9.49. The number of hydrogen-bond acceptors (Lipinski definition) is 3. The molecule has 4 rings (SSSR count). The van der Waals surface area contributed by atoms with Gasteiger partial charge in [-0.15, -0.1) is 5.01 Å². The number of quaternary nitrogens is 1. The number of halogens is 2. The maximum Gasteiger partial charge on any atom is 0.412 e. The first-order valence-corrected chi connectivity index (χ1v) is 8.69. The summed E-state index contributed by atoms with van der Waals surface area (Å²) in [5.41, 5.74) is 0.672. The molecule has 0 bridgehead atoms. The Morgan fingerprint density at radius 3 is 2.48 bits per heavy atom. The standard InChI is InChI=1S/C18H21F2N3O2/c1-22-11-15(25-18(24)21-12-7-8-12)16(17(19)20)23(22,14-9-10-14)13-5-3-2-4-6-13/h2-6,12,14,17H,7-11H2,1H3/p+1. The highest BCUT2D eigenvalue weighted by atomic mass is 19.3. The minimum Gasteiger partial charge on any atom is -0.407 e. The molecule has 3 aliphatic rings. The van der Waals surface area contributed by atoms with Crippen LogP contribution in [-0.2, 0) is 4.74 Å². The number of allylic oxidation sites excluding steroid dienone is 1. The number of amides is 1. The van der Waals surface area contributed by atoms with E-state index in [1.807, 2.05) is 42.4 Å². The molecule has 0 radical (unpaired) electrons. The van der Waals surface area contributed by atoms with Crippen molar-refractivity contribution in [3.63, 3.8) is 0 Å². The average molecular weight is 350 g/mol. The van der Waals surface area contributed by atoms with Crippen LogP contribution in [0.2, 0.25) is 0 Å². The SMILES string of the molecule is CN1CC(OC(=O)NC2CC2)=C(C(F)F)[N+]1(c1ccccc1)C1CC1. The minimum absolute atomic E-state index is 0.0372. The van der Waals surface area contributed by atoms with Crippen LogP contribution in [0.3, 0.4) is 0 Å². The number of alkyl carbamates (subject to hydrolysis) is 1. The van der Waals surface area contributed by atoms with Crippen LogP contribution in [0.4, 0.5) is 19.3 Å². The largest absolute Gasteiger partial charge is 0.412 e. The van der Waals surface area contributed by atoms with Crippen molar-refractivity contribution < 1.29 is 18.3 Å². The van der Waals surface area contributed by atoms with Crippen molar-refractivity contribution >= 4 is 11.8 Å². The molecule has 1 heterocycles. The van der Waals surface area contributed by atoms with Crippen LogP contribution >= 0.6 is 0 Å². The Balaban J connectivity index is 1.74. The van der Waals surface area contributed by atoms with Gasteiger partial charge in [0.25, 0.3) is 0 Å². The lowest BCUT2D eigenvalue weighted by Gasteiger charge is -2.39. The summed E-state index contributed by atoms with van der Waals surface area (Å²) in [5, 5.41) is 4.56. The van der Waals surface area contributed by atoms with Gasteiger partial charge in [0.2, 0.25) is 5.70 Å². The fourth-order valence-corrected chi connectivity index (χ4v) is 3.79. The molecule has 1 atom stereocenters. The number of rotatable bonds is 5. The summed E-state index contributed by atoms with van der Waals surface area (Å²) >= 11 is 0. The van der Waals surface area contributed by atoms with Gasteiger partial charge >= 0.3 is 12.5 Å². The maximum absolute atomic E-state index is 14.1. The first kappa shape index (κ1) is 16.5. The normalized spacial score (nSPS) is 27.0. The topological polar surface area (TPSA) is 41.6 Å². The Labute approximate surface area is 145 Å². The van der Waals surface area contributed by atoms with Crippen molar-refractivity contribution in [2.24, 2.45) is 0 Å². The lowest BCUT2D eigenvalue weighted by Crippen LogP contribution is -2.58. The van der Waals surface area contributed by atoms with Crippen LogP contribution in [0, 0.1) is 0 Å². The van der Waals surface area contributed by atoms with Crippen molar-refractivity contribution in [1.29, 1.82) is 0 Å². The first-order valence-electron chi connectivity index (χ1n) is 8.69. The third kappa shape index (κ3) is 2.81. The lowest BCUT2D eigenvalue weighted by atomic mass is 10.2. The van der Waals surface area contributed by atoms with Crippen LogP contribution in [0.5, 0.6) is 0 Å². The van der Waals surface area contributed by atoms with Gasteiger partial charge in [-0.25, -0.2) is 4.79 Å². The number of carbonyl (C=O) groups is 1. The quantitative estimate of drug-likeness (QED) is 0.828. The smallest absolute Gasteiger partial charge is 0.407 e. The summed E-state index contributed by atoms with van der Waals surface area (Å²) in [6.07, 6.45) is 0.250. The lowest BCUT2D eigenvalue weighted by molar-refractivity contribution is 0.0282. The monoisotopic (exact) mass is 350 g/mol. The van der Waals surface area contributed by atoms with Crippen molar-refractivity contribution in [3.8, 4) is 0 Å². The van der Waals surface area contributed by atoms with Gasteiger partial charge in [-0.3, -0.25) is 0 Å². The third-order valence-corrected chi connectivity index (χ3v) is 5.11. The van der Waals surface area contributed by atoms with Gasteiger partial charge in [-0.05, 0) is 12.8 Å². The van der Waals surface area contributed by atoms with Crippen molar-refractivity contribution in [1.82, 2.24) is 14.9 Å². The molecule has 0 spiro atoms. The van der Waals surface area contributed by atoms with E-state index >= 15 is 0 Å². The van der Waals surface area contributed by atoms with Gasteiger partial charge in [-0.2, -0.15) is 13.4 Å². The molecular formula is C18H22F2N3O2+. The highest BCUT2D eigenvalue weighted by Gasteiger charge is 2.61. The van der Waals surface area contributed by atoms with E-state index in [1.54, 1.807) is 0 Å². The summed E-state index contributed by atoms with van der Waals surface area (Å²) < 4.78 is 33.6. The molecular weight excluding hydrogens is 328 g/mol. The fraction of sp³-hybridized carbons (Fsp3) is 0.500. The molecule has 1 aromatic rings. The second kappa shape index (κ2) is 6.07. The van der Waals surface area contributed by atoms with Crippen LogP contribution < -0.4 is 9.91 Å². The Bertz CT molecular complexity index is 702. The zero-order chi connectivity index (χ0) is 17.6. The maximum atomic E-state index is 14.1. The molecule has 0 saturated heterocycles. The Kier molecular flexibility index (Phi) is 4.00. The predicted molar refractivity (Wildman–Crippen MR) is 89.6 cm³/mol. The number of para-hydroxylation sites is 1. The van der Waals surface area contributed by atoms with Gasteiger partial charge < -0.3 is 10.1 Å². The van der Waals surface area contributed by atoms with E-state index in [9.17, 15) is 13.6 Å². The molecule has 1 aromatic carbocycles. The molecule has 1 N–H and O–H groups in total. The molecule has 0 aromatic heterocycles. The number of nitrogens with zero attached hydrogens (tertiary/aromatic N) is 2. The van der Waals surface area contributed by atoms with Crippen molar-refractivity contribution in [2.45, 2.75) is 44.2 Å². The minimum atomic E-state index is -2.70. The molecule has 2 saturated carbocycles. The van der Waals surface area contributed by atoms with Crippen LogP contribution in [-0.4, -0.2) is 43.2 Å². The van der Waals surface area contributed by atoms with E-state index in [4.69, 9.17) is 4.74 Å². The van der Waals surface area contributed by atoms with Gasteiger partial charge in [-0.1, -0.05) is 18.2 Å². The zero-order valence-electron chi connectivity index (χ0n) is 14.1. The third-order valence-electron chi connectivity index (χ3n) is 5.11. The van der Waals surface area contributed by atoms with Gasteiger partial charge in [0.1, 0.15) is 12.6 Å². The van der Waals surface area contributed by atoms with E-state index in [0.29, 0.717) is 0 Å². The van der Waals surface area contributed by atoms with E-state index < -0.39 is 12.5 Å². The summed E-state index contributed by atoms with van der Waals surface area (Å²) in [6.45, 7) is 0.184. The predicted octanol–water partition coefficient (Wildman–Crippen LogP) is 3.38. The summed E-state index contributed by atoms with van der Waals surface area (Å²) in [7, 11) is 1.81. The Morgan fingerprint density at radius 1 is 1.24 bits per heavy atom. The van der Waals surface area contributed by atoms with Crippen LogP contribution in [0.15, 0.2) is 41.8 Å². The molecule has 2 aliphatic carbocycles. The van der Waals surface area contributed by atoms with Crippen LogP contribution in [0.25, 0.3) is 0 Å². The highest BCUT2D eigenvalue weighted by Crippen LogP contribution is 2.49. The number of carbonyl (C=O) groups excluding carboxylic acids is 1. The molecule has 134 valence electrons. The molecule has 1 aliphatic heterocycles. The van der Waals surface area contributed by atoms with Crippen LogP contribution in [0.1, 0.15) is 25.7 Å². The molecule has 5 nitrogen and oxygen atoms in total. The van der Waals surface area contributed by atoms with E-state index in [-0.39, 0.29) is 34.7 Å². The van der Waals surface area contributed by atoms with E-state index in [2.05, 4.69) is 5.32 Å². The summed E-state index contributed by atoms with van der Waals surface area (Å²) in [4.78, 5) is 12.0. The van der Waals surface area contributed by atoms with Crippen molar-refractivity contribution in [2.75, 3.05) is 13.6 Å². The highest BCUT2D eigenvalue weighted by molar-refractivity contribution is 5.70. The number of likely N-dealkylation sites (N-methyl/N-ethyl adjacent to an activating group) is 1. The molecule has 25 heavy (non-hydrogen) atoms. The first-order chi connectivity index (χ1) is 12.0. The second-order valence-corrected chi connectivity index (χ2v) is 6.99. The molecule has 7 heteroatoms. The van der Waals surface area contributed by atoms with Gasteiger partial charge in [0.15, 0.2) is 11.4 Å². The average Bonchev–Trinajstić information content (AvgIpc) is 3.47. The number of nitrogens with one attached hydrogen (secondary N) is 1. The van der Waals surface area contributed by atoms with E-state index in [1.165, 1.54) is 0 Å². The Hall–Kier alpha value is -1.99. The van der Waals surface area contributed by atoms with Gasteiger partial charge in [0.05, 0.1) is 0 Å². The Morgan fingerprint density at radius 2 is 1.92 bits per heavy atom. The molecule has 2 fully saturated rings.